The number of hydrogen-bond donors (Lipinski definition) is 3. The van der Waals surface area contributed by atoms with Crippen molar-refractivity contribution in [2.75, 3.05) is 26.1 Å². The predicted molar refractivity (Wildman–Crippen MR) is 105 cm³/mol. The third-order valence-electron chi connectivity index (χ3n) is 5.28. The van der Waals surface area contributed by atoms with Crippen molar-refractivity contribution < 1.29 is 24.5 Å². The van der Waals surface area contributed by atoms with Gasteiger partial charge in [0.05, 0.1) is 12.0 Å². The molecule has 3 N–H and O–H groups in total. The number of fused-ring (bicyclic) bond motifs is 2. The molecule has 0 fully saturated rings. The number of anilines is 1. The molecule has 9 heteroatoms. The molecule has 2 aromatic heterocycles. The van der Waals surface area contributed by atoms with Crippen molar-refractivity contribution in [1.29, 1.82) is 0 Å². The average Bonchev–Trinajstić information content (AvgIpc) is 3.03. The molecule has 4 rings (SSSR count). The van der Waals surface area contributed by atoms with E-state index in [0.717, 1.165) is 5.56 Å². The lowest BCUT2D eigenvalue weighted by Crippen LogP contribution is -2.49. The van der Waals surface area contributed by atoms with E-state index in [1.54, 1.807) is 22.9 Å². The van der Waals surface area contributed by atoms with E-state index in [1.807, 2.05) is 12.1 Å². The van der Waals surface area contributed by atoms with Gasteiger partial charge < -0.3 is 29.6 Å². The highest BCUT2D eigenvalue weighted by atomic mass is 16.5. The van der Waals surface area contributed by atoms with E-state index in [4.69, 9.17) is 9.47 Å². The summed E-state index contributed by atoms with van der Waals surface area (Å²) in [4.78, 5) is 21.2. The molecule has 3 aromatic rings. The van der Waals surface area contributed by atoms with E-state index in [2.05, 4.69) is 15.3 Å². The molecule has 3 atom stereocenters. The minimum absolute atomic E-state index is 0.0714. The first-order valence-corrected chi connectivity index (χ1v) is 9.08. The Morgan fingerprint density at radius 2 is 1.93 bits per heavy atom. The van der Waals surface area contributed by atoms with Gasteiger partial charge in [-0.3, -0.25) is 4.79 Å². The number of nitrogens with one attached hydrogen (secondary N) is 1. The molecular formula is C20H22N4O5. The van der Waals surface area contributed by atoms with Crippen LogP contribution in [0.3, 0.4) is 0 Å². The van der Waals surface area contributed by atoms with Crippen molar-refractivity contribution in [1.82, 2.24) is 14.5 Å². The van der Waals surface area contributed by atoms with E-state index < -0.39 is 17.9 Å². The molecule has 1 amide bonds. The summed E-state index contributed by atoms with van der Waals surface area (Å²) in [6.45, 7) is 1.40. The van der Waals surface area contributed by atoms with Crippen molar-refractivity contribution in [2.24, 2.45) is 0 Å². The van der Waals surface area contributed by atoms with E-state index in [9.17, 15) is 15.0 Å². The van der Waals surface area contributed by atoms with Crippen molar-refractivity contribution in [3.05, 3.63) is 42.4 Å². The number of nitrogens with zero attached hydrogens (tertiary/aromatic N) is 3. The highest BCUT2D eigenvalue weighted by Gasteiger charge is 2.42. The number of aliphatic hydroxyl groups excluding tert-OH is 1. The Morgan fingerprint density at radius 3 is 2.62 bits per heavy atom. The molecule has 0 bridgehead atoms. The topological polar surface area (TPSA) is 119 Å². The van der Waals surface area contributed by atoms with Crippen LogP contribution in [0.1, 0.15) is 23.5 Å². The molecule has 152 valence electrons. The van der Waals surface area contributed by atoms with Gasteiger partial charge in [0.2, 0.25) is 0 Å². The number of hydrogen-bond acceptors (Lipinski definition) is 7. The predicted octanol–water partition coefficient (Wildman–Crippen LogP) is 1.57. The zero-order valence-electron chi connectivity index (χ0n) is 16.3. The van der Waals surface area contributed by atoms with Crippen LogP contribution in [-0.4, -0.2) is 63.2 Å². The van der Waals surface area contributed by atoms with Crippen molar-refractivity contribution in [2.45, 2.75) is 24.9 Å². The maximum atomic E-state index is 12.6. The first-order valence-electron chi connectivity index (χ1n) is 9.08. The number of amides is 1. The first-order chi connectivity index (χ1) is 13.9. The quantitative estimate of drug-likeness (QED) is 0.577. The minimum atomic E-state index is -1.69. The Morgan fingerprint density at radius 1 is 1.21 bits per heavy atom. The number of benzene rings is 1. The van der Waals surface area contributed by atoms with Crippen LogP contribution >= 0.6 is 0 Å². The molecule has 0 radical (unpaired) electrons. The van der Waals surface area contributed by atoms with Crippen LogP contribution in [-0.2, 0) is 9.47 Å². The standard InChI is InChI=1S/C20H22N4O5/c1-20(27,14(25)9-28-2)19(29-3)24-8-13-11-6-4-5-7-12(11)18(26)23-16-15(13)17(24)22-10-21-16/h4-8,10,14,19,25,27H,9H2,1-3H3,(H,21,22,23,26)/t14-,19?,20-/m1/s1. The molecule has 9 nitrogen and oxygen atoms in total. The number of rotatable bonds is 6. The van der Waals surface area contributed by atoms with Gasteiger partial charge in [0.25, 0.3) is 5.91 Å². The maximum Gasteiger partial charge on any atom is 0.257 e. The Hall–Kier alpha value is -2.85. The van der Waals surface area contributed by atoms with Gasteiger partial charge in [-0.1, -0.05) is 18.2 Å². The summed E-state index contributed by atoms with van der Waals surface area (Å²) in [7, 11) is 2.88. The Kier molecular flexibility index (Phi) is 4.83. The second-order valence-electron chi connectivity index (χ2n) is 7.16. The monoisotopic (exact) mass is 398 g/mol. The van der Waals surface area contributed by atoms with Crippen LogP contribution in [0.15, 0.2) is 36.8 Å². The van der Waals surface area contributed by atoms with Crippen molar-refractivity contribution in [3.8, 4) is 11.1 Å². The summed E-state index contributed by atoms with van der Waals surface area (Å²) in [5.41, 5.74) is 0.715. The lowest BCUT2D eigenvalue weighted by molar-refractivity contribution is -0.184. The average molecular weight is 398 g/mol. The molecule has 0 saturated heterocycles. The number of methoxy groups -OCH3 is 2. The number of carbonyl (C=O) groups excluding carboxylic acids is 1. The van der Waals surface area contributed by atoms with E-state index >= 15 is 0 Å². The van der Waals surface area contributed by atoms with Crippen molar-refractivity contribution in [3.63, 3.8) is 0 Å². The number of ether oxygens (including phenoxy) is 2. The van der Waals surface area contributed by atoms with Crippen molar-refractivity contribution >= 4 is 22.8 Å². The van der Waals surface area contributed by atoms with Gasteiger partial charge in [-0.25, -0.2) is 9.97 Å². The SMILES string of the molecule is COC[C@@H](O)[C@@](C)(O)C(OC)n1cc2c3c(ncnc31)NC(=O)c1ccccc1-2. The minimum Gasteiger partial charge on any atom is -0.388 e. The molecule has 0 spiro atoms. The van der Waals surface area contributed by atoms with Crippen LogP contribution in [0.5, 0.6) is 0 Å². The highest BCUT2D eigenvalue weighted by molar-refractivity contribution is 6.17. The van der Waals surface area contributed by atoms with Crippen LogP contribution in [0.25, 0.3) is 22.2 Å². The van der Waals surface area contributed by atoms with Crippen LogP contribution in [0.4, 0.5) is 5.82 Å². The number of aliphatic hydroxyl groups is 2. The number of aromatic nitrogens is 3. The lowest BCUT2D eigenvalue weighted by atomic mass is 9.97. The first kappa shape index (κ1) is 19.5. The van der Waals surface area contributed by atoms with Crippen LogP contribution < -0.4 is 5.32 Å². The summed E-state index contributed by atoms with van der Waals surface area (Å²) in [6, 6.07) is 7.21. The summed E-state index contributed by atoms with van der Waals surface area (Å²) < 4.78 is 12.2. The van der Waals surface area contributed by atoms with Gasteiger partial charge in [-0.05, 0) is 18.6 Å². The Labute approximate surface area is 166 Å². The Bertz CT molecular complexity index is 1080. The fourth-order valence-electron chi connectivity index (χ4n) is 3.78. The third kappa shape index (κ3) is 2.99. The third-order valence-corrected chi connectivity index (χ3v) is 5.28. The van der Waals surface area contributed by atoms with E-state index in [0.29, 0.717) is 28.0 Å². The summed E-state index contributed by atoms with van der Waals surface area (Å²) in [5, 5.41) is 24.9. The fraction of sp³-hybridized carbons (Fsp3) is 0.350. The Balaban J connectivity index is 1.96. The van der Waals surface area contributed by atoms with Gasteiger partial charge in [-0.2, -0.15) is 0 Å². The number of carbonyl (C=O) groups is 1. The summed E-state index contributed by atoms with van der Waals surface area (Å²) >= 11 is 0. The van der Waals surface area contributed by atoms with E-state index in [-0.39, 0.29) is 12.5 Å². The second kappa shape index (κ2) is 7.20. The molecule has 29 heavy (non-hydrogen) atoms. The van der Waals surface area contributed by atoms with Gasteiger partial charge >= 0.3 is 0 Å². The highest BCUT2D eigenvalue weighted by Crippen LogP contribution is 2.41. The fourth-order valence-corrected chi connectivity index (χ4v) is 3.78. The molecular weight excluding hydrogens is 376 g/mol. The normalized spacial score (nSPS) is 17.2. The molecule has 0 saturated carbocycles. The maximum absolute atomic E-state index is 12.6. The molecule has 1 aliphatic heterocycles. The smallest absolute Gasteiger partial charge is 0.257 e. The molecule has 1 aliphatic rings. The molecule has 0 aliphatic carbocycles. The summed E-state index contributed by atoms with van der Waals surface area (Å²) in [5.74, 6) is 0.117. The second-order valence-corrected chi connectivity index (χ2v) is 7.16. The van der Waals surface area contributed by atoms with Gasteiger partial charge in [0, 0.05) is 31.5 Å². The van der Waals surface area contributed by atoms with Gasteiger partial charge in [0.1, 0.15) is 29.5 Å². The van der Waals surface area contributed by atoms with Crippen LogP contribution in [0.2, 0.25) is 0 Å². The van der Waals surface area contributed by atoms with E-state index in [1.165, 1.54) is 27.5 Å². The zero-order valence-corrected chi connectivity index (χ0v) is 16.3. The summed E-state index contributed by atoms with van der Waals surface area (Å²) in [6.07, 6.45) is 0.902. The zero-order chi connectivity index (χ0) is 20.8. The lowest BCUT2D eigenvalue weighted by Gasteiger charge is -2.36. The van der Waals surface area contributed by atoms with Gasteiger partial charge in [0.15, 0.2) is 6.23 Å². The van der Waals surface area contributed by atoms with Crippen LogP contribution in [0, 0.1) is 0 Å². The molecule has 1 unspecified atom stereocenters. The molecule has 3 heterocycles. The van der Waals surface area contributed by atoms with Gasteiger partial charge in [-0.15, -0.1) is 0 Å². The largest absolute Gasteiger partial charge is 0.388 e. The molecule has 1 aromatic carbocycles.